The van der Waals surface area contributed by atoms with Crippen molar-refractivity contribution in [2.24, 2.45) is 0 Å². The molecule has 0 saturated carbocycles. The second-order valence-corrected chi connectivity index (χ2v) is 4.34. The summed E-state index contributed by atoms with van der Waals surface area (Å²) in [6.45, 7) is 1.80. The summed E-state index contributed by atoms with van der Waals surface area (Å²) < 4.78 is 0. The Kier molecular flexibility index (Phi) is 2.53. The number of nitro groups is 1. The lowest BCUT2D eigenvalue weighted by atomic mass is 10.2. The van der Waals surface area contributed by atoms with Gasteiger partial charge in [0, 0.05) is 11.8 Å². The normalized spacial score (nSPS) is 10.3. The predicted molar refractivity (Wildman–Crippen MR) is 61.1 cm³/mol. The van der Waals surface area contributed by atoms with Gasteiger partial charge in [0.25, 0.3) is 5.69 Å². The van der Waals surface area contributed by atoms with Crippen LogP contribution in [-0.4, -0.2) is 15.1 Å². The zero-order valence-electron chi connectivity index (χ0n) is 8.38. The van der Waals surface area contributed by atoms with Crippen molar-refractivity contribution in [1.29, 1.82) is 0 Å². The molecular formula is C9H8N4O2S. The number of rotatable bonds is 2. The third kappa shape index (κ3) is 1.84. The van der Waals surface area contributed by atoms with Crippen molar-refractivity contribution in [2.75, 3.05) is 5.73 Å². The van der Waals surface area contributed by atoms with Gasteiger partial charge in [0.05, 0.1) is 10.5 Å². The fourth-order valence-electron chi connectivity index (χ4n) is 1.29. The minimum Gasteiger partial charge on any atom is -0.399 e. The number of nitro benzene ring substituents is 1. The molecular weight excluding hydrogens is 228 g/mol. The maximum Gasteiger partial charge on any atom is 0.281 e. The zero-order chi connectivity index (χ0) is 11.7. The van der Waals surface area contributed by atoms with Gasteiger partial charge in [0.2, 0.25) is 0 Å². The standard InChI is InChI=1S/C9H8N4O2S/c1-5-11-12-9(16-5)7-3-2-6(10)4-8(7)13(14)15/h2-4H,10H2,1H3. The van der Waals surface area contributed by atoms with Crippen molar-refractivity contribution in [2.45, 2.75) is 6.92 Å². The summed E-state index contributed by atoms with van der Waals surface area (Å²) in [5, 5.41) is 19.9. The molecule has 0 aliphatic rings. The van der Waals surface area contributed by atoms with E-state index in [1.165, 1.54) is 17.4 Å². The van der Waals surface area contributed by atoms with Crippen molar-refractivity contribution in [3.63, 3.8) is 0 Å². The maximum atomic E-state index is 10.9. The average Bonchev–Trinajstić information content (AvgIpc) is 2.64. The first-order valence-corrected chi connectivity index (χ1v) is 5.24. The second-order valence-electron chi connectivity index (χ2n) is 3.16. The molecule has 1 aromatic heterocycles. The molecule has 0 unspecified atom stereocenters. The number of aromatic nitrogens is 2. The molecule has 0 fully saturated rings. The van der Waals surface area contributed by atoms with Gasteiger partial charge in [-0.05, 0) is 19.1 Å². The lowest BCUT2D eigenvalue weighted by molar-refractivity contribution is -0.384. The van der Waals surface area contributed by atoms with Crippen LogP contribution in [-0.2, 0) is 0 Å². The summed E-state index contributed by atoms with van der Waals surface area (Å²) in [7, 11) is 0. The Labute approximate surface area is 94.9 Å². The van der Waals surface area contributed by atoms with Gasteiger partial charge >= 0.3 is 0 Å². The average molecular weight is 236 g/mol. The molecule has 0 radical (unpaired) electrons. The van der Waals surface area contributed by atoms with Crippen LogP contribution in [0.1, 0.15) is 5.01 Å². The molecule has 0 bridgehead atoms. The van der Waals surface area contributed by atoms with E-state index in [4.69, 9.17) is 5.73 Å². The maximum absolute atomic E-state index is 10.9. The topological polar surface area (TPSA) is 94.9 Å². The van der Waals surface area contributed by atoms with E-state index in [1.807, 2.05) is 0 Å². The predicted octanol–water partition coefficient (Wildman–Crippen LogP) is 2.00. The molecule has 2 rings (SSSR count). The smallest absolute Gasteiger partial charge is 0.281 e. The van der Waals surface area contributed by atoms with Gasteiger partial charge in [-0.1, -0.05) is 11.3 Å². The van der Waals surface area contributed by atoms with Crippen molar-refractivity contribution in [1.82, 2.24) is 10.2 Å². The minimum absolute atomic E-state index is 0.0452. The van der Waals surface area contributed by atoms with Crippen molar-refractivity contribution < 1.29 is 4.92 Å². The van der Waals surface area contributed by atoms with Gasteiger partial charge in [-0.25, -0.2) is 0 Å². The Bertz CT molecular complexity index is 552. The van der Waals surface area contributed by atoms with Crippen LogP contribution in [0.2, 0.25) is 0 Å². The third-order valence-corrected chi connectivity index (χ3v) is 2.85. The fraction of sp³-hybridized carbons (Fsp3) is 0.111. The van der Waals surface area contributed by atoms with Gasteiger partial charge in [-0.3, -0.25) is 10.1 Å². The number of nitrogens with two attached hydrogens (primary N) is 1. The lowest BCUT2D eigenvalue weighted by Gasteiger charge is -1.99. The lowest BCUT2D eigenvalue weighted by Crippen LogP contribution is -1.94. The molecule has 6 nitrogen and oxygen atoms in total. The Balaban J connectivity index is 2.60. The van der Waals surface area contributed by atoms with Crippen LogP contribution in [0.3, 0.4) is 0 Å². The third-order valence-electron chi connectivity index (χ3n) is 1.97. The molecule has 0 atom stereocenters. The van der Waals surface area contributed by atoms with Gasteiger partial charge in [0.1, 0.15) is 5.01 Å². The van der Waals surface area contributed by atoms with Crippen LogP contribution in [0.25, 0.3) is 10.6 Å². The number of hydrogen-bond acceptors (Lipinski definition) is 6. The van der Waals surface area contributed by atoms with Crippen LogP contribution >= 0.6 is 11.3 Å². The molecule has 1 aromatic carbocycles. The summed E-state index contributed by atoms with van der Waals surface area (Å²) in [6.07, 6.45) is 0. The highest BCUT2D eigenvalue weighted by molar-refractivity contribution is 7.14. The summed E-state index contributed by atoms with van der Waals surface area (Å²) in [5.41, 5.74) is 6.27. The minimum atomic E-state index is -0.470. The van der Waals surface area contributed by atoms with E-state index < -0.39 is 4.92 Å². The summed E-state index contributed by atoms with van der Waals surface area (Å²) in [4.78, 5) is 10.4. The number of anilines is 1. The number of nitrogens with zero attached hydrogens (tertiary/aromatic N) is 3. The number of aryl methyl sites for hydroxylation is 1. The van der Waals surface area contributed by atoms with Crippen LogP contribution in [0, 0.1) is 17.0 Å². The molecule has 2 N–H and O–H groups in total. The van der Waals surface area contributed by atoms with E-state index >= 15 is 0 Å². The Hall–Kier alpha value is -2.02. The van der Waals surface area contributed by atoms with E-state index in [1.54, 1.807) is 19.1 Å². The molecule has 0 aliphatic carbocycles. The molecule has 7 heteroatoms. The first kappa shape index (κ1) is 10.5. The van der Waals surface area contributed by atoms with Crippen molar-refractivity contribution in [3.05, 3.63) is 33.3 Å². The summed E-state index contributed by atoms with van der Waals surface area (Å²) >= 11 is 1.31. The van der Waals surface area contributed by atoms with Gasteiger partial charge in [-0.2, -0.15) is 0 Å². The highest BCUT2D eigenvalue weighted by Gasteiger charge is 2.18. The monoisotopic (exact) mass is 236 g/mol. The molecule has 0 aliphatic heterocycles. The van der Waals surface area contributed by atoms with E-state index in [9.17, 15) is 10.1 Å². The summed E-state index contributed by atoms with van der Waals surface area (Å²) in [6, 6.07) is 4.53. The quantitative estimate of drug-likeness (QED) is 0.489. The second kappa shape index (κ2) is 3.86. The highest BCUT2D eigenvalue weighted by Crippen LogP contribution is 2.32. The SMILES string of the molecule is Cc1nnc(-c2ccc(N)cc2[N+](=O)[O-])s1. The fourth-order valence-corrected chi connectivity index (χ4v) is 2.01. The first-order chi connectivity index (χ1) is 7.58. The van der Waals surface area contributed by atoms with Crippen molar-refractivity contribution in [3.8, 4) is 10.6 Å². The molecule has 2 aromatic rings. The molecule has 0 spiro atoms. The zero-order valence-corrected chi connectivity index (χ0v) is 9.19. The van der Waals surface area contributed by atoms with E-state index in [0.29, 0.717) is 16.3 Å². The van der Waals surface area contributed by atoms with Crippen LogP contribution in [0.5, 0.6) is 0 Å². The Morgan fingerprint density at radius 3 is 2.75 bits per heavy atom. The van der Waals surface area contributed by atoms with E-state index in [2.05, 4.69) is 10.2 Å². The molecule has 16 heavy (non-hydrogen) atoms. The van der Waals surface area contributed by atoms with Crippen LogP contribution in [0.15, 0.2) is 18.2 Å². The number of benzene rings is 1. The molecule has 1 heterocycles. The molecule has 82 valence electrons. The van der Waals surface area contributed by atoms with Crippen molar-refractivity contribution >= 4 is 22.7 Å². The first-order valence-electron chi connectivity index (χ1n) is 4.42. The van der Waals surface area contributed by atoms with Gasteiger partial charge in [-0.15, -0.1) is 10.2 Å². The summed E-state index contributed by atoms with van der Waals surface area (Å²) in [5.74, 6) is 0. The Morgan fingerprint density at radius 2 is 2.19 bits per heavy atom. The Morgan fingerprint density at radius 1 is 1.44 bits per heavy atom. The number of hydrogen-bond donors (Lipinski definition) is 1. The van der Waals surface area contributed by atoms with Crippen LogP contribution < -0.4 is 5.73 Å². The largest absolute Gasteiger partial charge is 0.399 e. The van der Waals surface area contributed by atoms with E-state index in [0.717, 1.165) is 5.01 Å². The van der Waals surface area contributed by atoms with Gasteiger partial charge < -0.3 is 5.73 Å². The van der Waals surface area contributed by atoms with Crippen LogP contribution in [0.4, 0.5) is 11.4 Å². The highest BCUT2D eigenvalue weighted by atomic mass is 32.1. The van der Waals surface area contributed by atoms with E-state index in [-0.39, 0.29) is 5.69 Å². The number of nitrogen functional groups attached to an aromatic ring is 1. The van der Waals surface area contributed by atoms with Gasteiger partial charge in [0.15, 0.2) is 5.01 Å². The molecule has 0 saturated heterocycles. The molecule has 0 amide bonds.